The first-order chi connectivity index (χ1) is 18.5. The van der Waals surface area contributed by atoms with Crippen LogP contribution in [-0.2, 0) is 6.54 Å². The van der Waals surface area contributed by atoms with Gasteiger partial charge in [0, 0.05) is 24.6 Å². The second kappa shape index (κ2) is 13.1. The maximum Gasteiger partial charge on any atom is 0.417 e. The molecule has 0 radical (unpaired) electrons. The normalized spacial score (nSPS) is 14.9. The van der Waals surface area contributed by atoms with E-state index in [-0.39, 0.29) is 5.56 Å². The minimum Gasteiger partial charge on any atom is -0.478 e. The number of nitrogens with one attached hydrogen (secondary N) is 1. The standard InChI is InChI=1S/C28H30N6O4/c29-33-25(18-30-17-24-5-1-2-13-31-24)19-34-14-11-20(12-15-34)22-4-3-6-26(16-22)38-28(37)32-23-9-7-21(8-10-23)27(35)36/h1-10,13,16,18,20H,11-12,14-15,17,19,29H2,(H,32,37)(H,35,36). The van der Waals surface area contributed by atoms with Crippen molar-refractivity contribution >= 4 is 29.7 Å². The molecule has 2 aromatic carbocycles. The molecular weight excluding hydrogens is 484 g/mol. The van der Waals surface area contributed by atoms with Crippen LogP contribution in [0.15, 0.2) is 83.0 Å². The van der Waals surface area contributed by atoms with Gasteiger partial charge in [-0.05, 0) is 85.9 Å². The molecule has 0 bridgehead atoms. The van der Waals surface area contributed by atoms with Crippen LogP contribution in [0.2, 0.25) is 0 Å². The van der Waals surface area contributed by atoms with Crippen LogP contribution in [-0.4, -0.2) is 58.6 Å². The van der Waals surface area contributed by atoms with Crippen molar-refractivity contribution in [3.63, 3.8) is 0 Å². The highest BCUT2D eigenvalue weighted by Crippen LogP contribution is 2.30. The first-order valence-electron chi connectivity index (χ1n) is 12.3. The highest BCUT2D eigenvalue weighted by molar-refractivity contribution is 6.31. The van der Waals surface area contributed by atoms with Gasteiger partial charge in [-0.15, -0.1) is 0 Å². The van der Waals surface area contributed by atoms with Gasteiger partial charge in [-0.25, -0.2) is 9.59 Å². The molecule has 4 N–H and O–H groups in total. The van der Waals surface area contributed by atoms with Gasteiger partial charge in [-0.1, -0.05) is 18.2 Å². The molecule has 0 aliphatic carbocycles. The van der Waals surface area contributed by atoms with Crippen molar-refractivity contribution in [2.75, 3.05) is 25.0 Å². The summed E-state index contributed by atoms with van der Waals surface area (Å²) in [6.07, 6.45) is 4.72. The predicted octanol–water partition coefficient (Wildman–Crippen LogP) is 4.16. The number of piperidine rings is 1. The maximum atomic E-state index is 12.3. The third-order valence-electron chi connectivity index (χ3n) is 6.28. The fourth-order valence-electron chi connectivity index (χ4n) is 4.28. The Balaban J connectivity index is 1.25. The molecule has 1 aliphatic heterocycles. The number of aromatic carboxylic acids is 1. The number of aromatic nitrogens is 1. The molecule has 10 heteroatoms. The number of nitrogens with zero attached hydrogens (tertiary/aromatic N) is 4. The summed E-state index contributed by atoms with van der Waals surface area (Å²) < 4.78 is 5.46. The van der Waals surface area contributed by atoms with Crippen LogP contribution in [0.1, 0.15) is 40.4 Å². The summed E-state index contributed by atoms with van der Waals surface area (Å²) in [5.41, 5.74) is 3.32. The summed E-state index contributed by atoms with van der Waals surface area (Å²) in [6, 6.07) is 19.2. The molecule has 10 nitrogen and oxygen atoms in total. The smallest absolute Gasteiger partial charge is 0.417 e. The SMILES string of the molecule is NN=C(C=NCc1ccccn1)CN1CCC(c2cccc(OC(=O)Nc3ccc(C(=O)O)cc3)c2)CC1. The number of anilines is 1. The molecule has 1 fully saturated rings. The van der Waals surface area contributed by atoms with Gasteiger partial charge in [0.1, 0.15) is 5.75 Å². The van der Waals surface area contributed by atoms with Crippen molar-refractivity contribution in [2.45, 2.75) is 25.3 Å². The predicted molar refractivity (Wildman–Crippen MR) is 146 cm³/mol. The number of likely N-dealkylation sites (tertiary alicyclic amines) is 1. The number of hydrogen-bond acceptors (Lipinski definition) is 8. The van der Waals surface area contributed by atoms with Crippen LogP contribution in [0.4, 0.5) is 10.5 Å². The number of pyridine rings is 1. The zero-order valence-corrected chi connectivity index (χ0v) is 20.9. The van der Waals surface area contributed by atoms with Gasteiger partial charge in [-0.3, -0.25) is 20.2 Å². The number of carbonyl (C=O) groups is 2. The first kappa shape index (κ1) is 26.5. The van der Waals surface area contributed by atoms with Crippen molar-refractivity contribution in [1.82, 2.24) is 9.88 Å². The van der Waals surface area contributed by atoms with E-state index in [0.717, 1.165) is 42.9 Å². The number of carboxylic acid groups (broad SMARTS) is 1. The van der Waals surface area contributed by atoms with Crippen molar-refractivity contribution in [2.24, 2.45) is 15.9 Å². The Morgan fingerprint density at radius 3 is 2.58 bits per heavy atom. The molecule has 0 spiro atoms. The number of aliphatic imine (C=N–C) groups is 1. The number of hydrazone groups is 1. The van der Waals surface area contributed by atoms with Gasteiger partial charge in [-0.2, -0.15) is 5.10 Å². The molecule has 1 aliphatic rings. The fourth-order valence-corrected chi connectivity index (χ4v) is 4.28. The molecule has 1 saturated heterocycles. The molecule has 0 atom stereocenters. The molecule has 2 heterocycles. The minimum atomic E-state index is -1.03. The van der Waals surface area contributed by atoms with E-state index < -0.39 is 12.1 Å². The number of carbonyl (C=O) groups excluding carboxylic acids is 1. The van der Waals surface area contributed by atoms with Gasteiger partial charge in [0.05, 0.1) is 23.5 Å². The Kier molecular flexibility index (Phi) is 9.14. The lowest BCUT2D eigenvalue weighted by atomic mass is 9.89. The summed E-state index contributed by atoms with van der Waals surface area (Å²) in [5, 5.41) is 15.5. The second-order valence-corrected chi connectivity index (χ2v) is 8.93. The number of carboxylic acids is 1. The van der Waals surface area contributed by atoms with Crippen LogP contribution in [0, 0.1) is 0 Å². The minimum absolute atomic E-state index is 0.142. The molecule has 1 amide bonds. The number of ether oxygens (including phenoxy) is 1. The first-order valence-corrected chi connectivity index (χ1v) is 12.3. The van der Waals surface area contributed by atoms with Crippen LogP contribution in [0.25, 0.3) is 0 Å². The van der Waals surface area contributed by atoms with Crippen LogP contribution < -0.4 is 15.9 Å². The summed E-state index contributed by atoms with van der Waals surface area (Å²) in [4.78, 5) is 34.3. The molecule has 1 aromatic heterocycles. The fraction of sp³-hybridized carbons (Fsp3) is 0.250. The zero-order chi connectivity index (χ0) is 26.7. The Labute approximate surface area is 220 Å². The number of hydrogen-bond donors (Lipinski definition) is 3. The molecule has 38 heavy (non-hydrogen) atoms. The van der Waals surface area contributed by atoms with Crippen molar-refractivity contribution in [1.29, 1.82) is 0 Å². The Morgan fingerprint density at radius 2 is 1.89 bits per heavy atom. The monoisotopic (exact) mass is 514 g/mol. The Morgan fingerprint density at radius 1 is 1.11 bits per heavy atom. The summed E-state index contributed by atoms with van der Waals surface area (Å²) in [6.45, 7) is 2.88. The molecule has 3 aromatic rings. The lowest BCUT2D eigenvalue weighted by Gasteiger charge is -2.32. The maximum absolute atomic E-state index is 12.3. The average molecular weight is 515 g/mol. The van der Waals surface area contributed by atoms with E-state index in [2.05, 4.69) is 25.3 Å². The summed E-state index contributed by atoms with van der Waals surface area (Å²) >= 11 is 0. The molecule has 0 unspecified atom stereocenters. The molecule has 0 saturated carbocycles. The average Bonchev–Trinajstić information content (AvgIpc) is 2.94. The van der Waals surface area contributed by atoms with Crippen LogP contribution in [0.3, 0.4) is 0 Å². The lowest BCUT2D eigenvalue weighted by molar-refractivity contribution is 0.0697. The third kappa shape index (κ3) is 7.71. The van der Waals surface area contributed by atoms with Crippen LogP contribution >= 0.6 is 0 Å². The van der Waals surface area contributed by atoms with E-state index in [1.165, 1.54) is 24.3 Å². The van der Waals surface area contributed by atoms with E-state index in [4.69, 9.17) is 15.7 Å². The van der Waals surface area contributed by atoms with Gasteiger partial charge in [0.25, 0.3) is 0 Å². The van der Waals surface area contributed by atoms with Gasteiger partial charge < -0.3 is 15.7 Å². The Hall–Kier alpha value is -4.57. The van der Waals surface area contributed by atoms with Crippen molar-refractivity contribution < 1.29 is 19.4 Å². The third-order valence-corrected chi connectivity index (χ3v) is 6.28. The number of nitrogens with two attached hydrogens (primary N) is 1. The lowest BCUT2D eigenvalue weighted by Crippen LogP contribution is -2.37. The number of amides is 1. The quantitative estimate of drug-likeness (QED) is 0.221. The topological polar surface area (TPSA) is 142 Å². The zero-order valence-electron chi connectivity index (χ0n) is 20.9. The highest BCUT2D eigenvalue weighted by atomic mass is 16.6. The van der Waals surface area contributed by atoms with Crippen molar-refractivity contribution in [3.8, 4) is 5.75 Å². The largest absolute Gasteiger partial charge is 0.478 e. The van der Waals surface area contributed by atoms with E-state index in [1.807, 2.05) is 36.4 Å². The van der Waals surface area contributed by atoms with E-state index >= 15 is 0 Å². The number of benzene rings is 2. The van der Waals surface area contributed by atoms with E-state index in [9.17, 15) is 9.59 Å². The molecule has 4 rings (SSSR count). The molecular formula is C28H30N6O4. The molecule has 196 valence electrons. The van der Waals surface area contributed by atoms with Crippen LogP contribution in [0.5, 0.6) is 5.75 Å². The highest BCUT2D eigenvalue weighted by Gasteiger charge is 2.22. The summed E-state index contributed by atoms with van der Waals surface area (Å²) in [5.74, 6) is 5.36. The Bertz CT molecular complexity index is 1290. The van der Waals surface area contributed by atoms with Crippen molar-refractivity contribution in [3.05, 3.63) is 89.7 Å². The number of rotatable bonds is 9. The summed E-state index contributed by atoms with van der Waals surface area (Å²) in [7, 11) is 0. The van der Waals surface area contributed by atoms with Gasteiger partial charge in [0.2, 0.25) is 0 Å². The van der Waals surface area contributed by atoms with Gasteiger partial charge in [0.15, 0.2) is 0 Å². The second-order valence-electron chi connectivity index (χ2n) is 8.93. The van der Waals surface area contributed by atoms with E-state index in [1.54, 1.807) is 18.5 Å². The van der Waals surface area contributed by atoms with Gasteiger partial charge >= 0.3 is 12.1 Å². The van der Waals surface area contributed by atoms with E-state index in [0.29, 0.717) is 30.4 Å².